The van der Waals surface area contributed by atoms with Crippen molar-refractivity contribution in [3.05, 3.63) is 117 Å². The predicted molar refractivity (Wildman–Crippen MR) is 233 cm³/mol. The lowest BCUT2D eigenvalue weighted by Gasteiger charge is -2.39. The van der Waals surface area contributed by atoms with Gasteiger partial charge in [-0.05, 0) is 113 Å². The maximum Gasteiger partial charge on any atom is 0.331 e. The summed E-state index contributed by atoms with van der Waals surface area (Å²) in [6.45, 7) is 19.7. The van der Waals surface area contributed by atoms with E-state index in [-0.39, 0.29) is 10.8 Å². The molecule has 1 heterocycles. The first kappa shape index (κ1) is 49.5. The van der Waals surface area contributed by atoms with E-state index < -0.39 is 68.6 Å². The molecule has 0 amide bonds. The van der Waals surface area contributed by atoms with Gasteiger partial charge in [0.25, 0.3) is 0 Å². The fourth-order valence-electron chi connectivity index (χ4n) is 7.67. The SMILES string of the molecule is CC1=C(/C=C/C(C)=C/C=C/C(C)=C/C(=O)OC[C@@H](CO[C@@H]2O[C@H](CO)[C@@H](O)[C@H](O)[C@H]2O)OC(=O)/C=C(C)/C=C/C=C(C)/C=C/C2=C(C)CCCC2(C)C)C(C)(C)CCC1. The van der Waals surface area contributed by atoms with E-state index in [0.717, 1.165) is 30.4 Å². The van der Waals surface area contributed by atoms with E-state index in [1.165, 1.54) is 53.7 Å². The number of aliphatic hydroxyl groups is 4. The molecule has 2 aliphatic carbocycles. The third-order valence-corrected chi connectivity index (χ3v) is 11.2. The summed E-state index contributed by atoms with van der Waals surface area (Å²) in [7, 11) is 0. The molecule has 0 saturated carbocycles. The van der Waals surface area contributed by atoms with E-state index in [1.54, 1.807) is 26.0 Å². The molecular weight excluding hydrogens is 749 g/mol. The molecule has 326 valence electrons. The van der Waals surface area contributed by atoms with Crippen LogP contribution in [0.1, 0.15) is 108 Å². The van der Waals surface area contributed by atoms with Crippen LogP contribution in [0.4, 0.5) is 0 Å². The number of carbonyl (C=O) groups excluding carboxylic acids is 2. The third-order valence-electron chi connectivity index (χ3n) is 11.2. The quantitative estimate of drug-likeness (QED) is 0.0641. The first-order chi connectivity index (χ1) is 27.7. The first-order valence-corrected chi connectivity index (χ1v) is 20.9. The van der Waals surface area contributed by atoms with Crippen LogP contribution in [0.15, 0.2) is 117 Å². The van der Waals surface area contributed by atoms with Crippen molar-refractivity contribution in [1.82, 2.24) is 0 Å². The lowest BCUT2D eigenvalue weighted by molar-refractivity contribution is -0.305. The zero-order chi connectivity index (χ0) is 43.9. The highest BCUT2D eigenvalue weighted by molar-refractivity contribution is 5.84. The predicted octanol–water partition coefficient (Wildman–Crippen LogP) is 8.32. The zero-order valence-corrected chi connectivity index (χ0v) is 37.0. The van der Waals surface area contributed by atoms with Crippen molar-refractivity contribution in [3.8, 4) is 0 Å². The van der Waals surface area contributed by atoms with Gasteiger partial charge >= 0.3 is 11.9 Å². The van der Waals surface area contributed by atoms with Crippen LogP contribution < -0.4 is 0 Å². The van der Waals surface area contributed by atoms with E-state index in [9.17, 15) is 30.0 Å². The van der Waals surface area contributed by atoms with E-state index >= 15 is 0 Å². The molecule has 1 saturated heterocycles. The lowest BCUT2D eigenvalue weighted by Crippen LogP contribution is -2.59. The summed E-state index contributed by atoms with van der Waals surface area (Å²) >= 11 is 0. The molecule has 10 nitrogen and oxygen atoms in total. The molecule has 10 heteroatoms. The number of esters is 2. The standard InChI is InChI=1S/C49H70O10/c1-32(21-23-39-36(5)19-13-25-48(39,7)8)15-11-17-34(3)27-42(51)56-30-38(31-57-47-46(55)45(54)44(53)41(29-50)59-47)58-43(52)28-35(4)18-12-16-33(2)22-24-40-37(6)20-14-26-49(40,9)10/h11-12,15-18,21-24,27-28,38,41,44-47,50,53-55H,13-14,19-20,25-26,29-31H2,1-10H3/b17-11+,18-12+,23-21+,24-22+,32-15+,33-16+,34-27+,35-28+/t38-,41+,44+,45-,46+,47+/m0/s1. The molecule has 3 aliphatic rings. The number of allylic oxidation sites excluding steroid dienone is 18. The minimum Gasteiger partial charge on any atom is -0.458 e. The maximum atomic E-state index is 13.0. The average molecular weight is 819 g/mol. The monoisotopic (exact) mass is 818 g/mol. The largest absolute Gasteiger partial charge is 0.458 e. The van der Waals surface area contributed by atoms with Crippen LogP contribution in [-0.2, 0) is 28.5 Å². The molecule has 0 bridgehead atoms. The fraction of sp³-hybridized carbons (Fsp3) is 0.551. The number of hydrogen-bond donors (Lipinski definition) is 4. The summed E-state index contributed by atoms with van der Waals surface area (Å²) in [6, 6.07) is 0. The highest BCUT2D eigenvalue weighted by Gasteiger charge is 2.44. The number of carbonyl (C=O) groups is 2. The number of rotatable bonds is 17. The topological polar surface area (TPSA) is 152 Å². The summed E-state index contributed by atoms with van der Waals surface area (Å²) in [5.41, 5.74) is 9.29. The molecule has 6 atom stereocenters. The van der Waals surface area contributed by atoms with Gasteiger partial charge in [-0.25, -0.2) is 9.59 Å². The van der Waals surface area contributed by atoms with Crippen LogP contribution in [0, 0.1) is 10.8 Å². The summed E-state index contributed by atoms with van der Waals surface area (Å²) in [5.74, 6) is -1.40. The minimum atomic E-state index is -1.66. The van der Waals surface area contributed by atoms with Gasteiger partial charge in [-0.2, -0.15) is 0 Å². The van der Waals surface area contributed by atoms with Crippen molar-refractivity contribution < 1.29 is 49.0 Å². The Morgan fingerprint density at radius 2 is 1.20 bits per heavy atom. The molecule has 0 aromatic rings. The Labute approximate surface area is 352 Å². The molecule has 1 fully saturated rings. The molecule has 4 N–H and O–H groups in total. The van der Waals surface area contributed by atoms with Crippen molar-refractivity contribution in [1.29, 1.82) is 0 Å². The third kappa shape index (κ3) is 15.9. The van der Waals surface area contributed by atoms with E-state index in [2.05, 4.69) is 65.8 Å². The molecule has 0 aromatic heterocycles. The fourth-order valence-corrected chi connectivity index (χ4v) is 7.67. The average Bonchev–Trinajstić information content (AvgIpc) is 3.14. The van der Waals surface area contributed by atoms with Crippen molar-refractivity contribution in [2.45, 2.75) is 145 Å². The summed E-state index contributed by atoms with van der Waals surface area (Å²) < 4.78 is 22.1. The molecule has 0 aromatic carbocycles. The van der Waals surface area contributed by atoms with E-state index in [0.29, 0.717) is 11.1 Å². The van der Waals surface area contributed by atoms with Gasteiger partial charge in [-0.15, -0.1) is 0 Å². The van der Waals surface area contributed by atoms with E-state index in [4.69, 9.17) is 18.9 Å². The molecule has 0 unspecified atom stereocenters. The molecule has 0 spiro atoms. The summed E-state index contributed by atoms with van der Waals surface area (Å²) in [5, 5.41) is 40.3. The van der Waals surface area contributed by atoms with Gasteiger partial charge in [0, 0.05) is 12.2 Å². The van der Waals surface area contributed by atoms with Crippen molar-refractivity contribution in [2.75, 3.05) is 19.8 Å². The van der Waals surface area contributed by atoms with Gasteiger partial charge in [0.2, 0.25) is 0 Å². The zero-order valence-electron chi connectivity index (χ0n) is 37.0. The second-order valence-corrected chi connectivity index (χ2v) is 17.6. The molecule has 1 aliphatic heterocycles. The maximum absolute atomic E-state index is 13.0. The van der Waals surface area contributed by atoms with Gasteiger partial charge in [0.1, 0.15) is 31.0 Å². The van der Waals surface area contributed by atoms with Gasteiger partial charge in [0.15, 0.2) is 12.4 Å². The second kappa shape index (κ2) is 23.2. The Hall–Kier alpha value is -3.90. The van der Waals surface area contributed by atoms with Crippen LogP contribution in [0.25, 0.3) is 0 Å². The highest BCUT2D eigenvalue weighted by atomic mass is 16.7. The minimum absolute atomic E-state index is 0.149. The Morgan fingerprint density at radius 3 is 1.68 bits per heavy atom. The van der Waals surface area contributed by atoms with Crippen LogP contribution in [0.5, 0.6) is 0 Å². The van der Waals surface area contributed by atoms with Crippen molar-refractivity contribution >= 4 is 11.9 Å². The molecule has 3 rings (SSSR count). The normalized spacial score (nSPS) is 26.8. The molecule has 59 heavy (non-hydrogen) atoms. The smallest absolute Gasteiger partial charge is 0.331 e. The van der Waals surface area contributed by atoms with Gasteiger partial charge in [0.05, 0.1) is 13.2 Å². The van der Waals surface area contributed by atoms with Gasteiger partial charge in [-0.3, -0.25) is 0 Å². The molecule has 0 radical (unpaired) electrons. The number of aliphatic hydroxyl groups excluding tert-OH is 4. The van der Waals surface area contributed by atoms with Gasteiger partial charge in [-0.1, -0.05) is 111 Å². The molecular formula is C49H70O10. The van der Waals surface area contributed by atoms with Crippen molar-refractivity contribution in [2.24, 2.45) is 10.8 Å². The van der Waals surface area contributed by atoms with Crippen LogP contribution in [-0.4, -0.2) is 89.0 Å². The van der Waals surface area contributed by atoms with E-state index in [1.807, 2.05) is 38.2 Å². The summed E-state index contributed by atoms with van der Waals surface area (Å²) in [4.78, 5) is 25.9. The number of hydrogen-bond acceptors (Lipinski definition) is 10. The Balaban J connectivity index is 1.66. The number of ether oxygens (including phenoxy) is 4. The van der Waals surface area contributed by atoms with Crippen LogP contribution in [0.2, 0.25) is 0 Å². The lowest BCUT2D eigenvalue weighted by atomic mass is 9.72. The highest BCUT2D eigenvalue weighted by Crippen LogP contribution is 2.42. The Kier molecular flexibility index (Phi) is 19.4. The second-order valence-electron chi connectivity index (χ2n) is 17.6. The summed E-state index contributed by atoms with van der Waals surface area (Å²) in [6.07, 6.45) is 20.8. The van der Waals surface area contributed by atoms with Crippen LogP contribution in [0.3, 0.4) is 0 Å². The van der Waals surface area contributed by atoms with Crippen LogP contribution >= 0.6 is 0 Å². The van der Waals surface area contributed by atoms with Gasteiger partial charge < -0.3 is 39.4 Å². The Bertz CT molecular complexity index is 1770. The van der Waals surface area contributed by atoms with Crippen molar-refractivity contribution in [3.63, 3.8) is 0 Å². The first-order valence-electron chi connectivity index (χ1n) is 20.9. The Morgan fingerprint density at radius 1 is 0.712 bits per heavy atom.